The van der Waals surface area contributed by atoms with Gasteiger partial charge in [0.1, 0.15) is 5.38 Å². The summed E-state index contributed by atoms with van der Waals surface area (Å²) in [7, 11) is 0. The van der Waals surface area contributed by atoms with Gasteiger partial charge in [-0.05, 0) is 42.5 Å². The highest BCUT2D eigenvalue weighted by atomic mass is 35.5. The van der Waals surface area contributed by atoms with Crippen LogP contribution in [0.4, 0.5) is 0 Å². The molecule has 3 nitrogen and oxygen atoms in total. The van der Waals surface area contributed by atoms with Gasteiger partial charge in [-0.1, -0.05) is 6.07 Å². The van der Waals surface area contributed by atoms with Crippen LogP contribution in [0.5, 0.6) is 0 Å². The monoisotopic (exact) mass is 284 g/mol. The van der Waals surface area contributed by atoms with Gasteiger partial charge in [0.15, 0.2) is 5.78 Å². The summed E-state index contributed by atoms with van der Waals surface area (Å²) in [4.78, 5) is 22.9. The summed E-state index contributed by atoms with van der Waals surface area (Å²) >= 11 is 7.59. The highest BCUT2D eigenvalue weighted by Crippen LogP contribution is 2.29. The highest BCUT2D eigenvalue weighted by molar-refractivity contribution is 7.98. The van der Waals surface area contributed by atoms with Crippen molar-refractivity contribution >= 4 is 41.2 Å². The topological polar surface area (TPSA) is 54.4 Å². The maximum absolute atomic E-state index is 11.4. The Morgan fingerprint density at radius 1 is 1.44 bits per heavy atom. The fourth-order valence-corrected chi connectivity index (χ4v) is 2.07. The zero-order valence-corrected chi connectivity index (χ0v) is 11.6. The molecule has 0 aliphatic heterocycles. The van der Waals surface area contributed by atoms with Gasteiger partial charge < -0.3 is 5.11 Å². The van der Waals surface area contributed by atoms with E-state index in [1.54, 1.807) is 6.07 Å². The number of thioether (sulfide) groups is 1. The number of rotatable bonds is 5. The molecule has 18 heavy (non-hydrogen) atoms. The van der Waals surface area contributed by atoms with Crippen LogP contribution in [0, 0.1) is 0 Å². The number of benzene rings is 1. The first-order valence-corrected chi connectivity index (χ1v) is 6.85. The predicted molar refractivity (Wildman–Crippen MR) is 74.2 cm³/mol. The molecule has 0 aliphatic rings. The molecule has 1 unspecified atom stereocenters. The highest BCUT2D eigenvalue weighted by Gasteiger charge is 2.16. The average Bonchev–Trinajstić information content (AvgIpc) is 2.35. The fourth-order valence-electron chi connectivity index (χ4n) is 1.43. The first kappa shape index (κ1) is 14.8. The Labute approximate surface area is 115 Å². The van der Waals surface area contributed by atoms with Crippen LogP contribution in [0.15, 0.2) is 29.2 Å². The third kappa shape index (κ3) is 3.89. The second-order valence-electron chi connectivity index (χ2n) is 3.64. The number of alkyl halides is 1. The molecular formula is C13H13ClO3S. The van der Waals surface area contributed by atoms with Crippen LogP contribution in [-0.4, -0.2) is 23.1 Å². The first-order chi connectivity index (χ1) is 8.45. The Bertz CT molecular complexity index is 497. The Morgan fingerprint density at radius 2 is 2.11 bits per heavy atom. The molecule has 1 aromatic carbocycles. The largest absolute Gasteiger partial charge is 0.478 e. The van der Waals surface area contributed by atoms with Gasteiger partial charge in [-0.25, -0.2) is 4.79 Å². The zero-order valence-electron chi connectivity index (χ0n) is 10.0. The number of hydrogen-bond donors (Lipinski definition) is 1. The molecular weight excluding hydrogens is 272 g/mol. The van der Waals surface area contributed by atoms with Gasteiger partial charge in [0.05, 0.1) is 0 Å². The van der Waals surface area contributed by atoms with E-state index in [4.69, 9.17) is 16.7 Å². The summed E-state index contributed by atoms with van der Waals surface area (Å²) < 4.78 is 0. The second kappa shape index (κ2) is 6.61. The number of halogens is 1. The molecule has 0 aliphatic carbocycles. The lowest BCUT2D eigenvalue weighted by Gasteiger charge is -2.11. The van der Waals surface area contributed by atoms with Gasteiger partial charge in [-0.2, -0.15) is 0 Å². The van der Waals surface area contributed by atoms with Crippen molar-refractivity contribution in [2.24, 2.45) is 0 Å². The van der Waals surface area contributed by atoms with Crippen molar-refractivity contribution in [2.75, 3.05) is 6.26 Å². The van der Waals surface area contributed by atoms with E-state index in [9.17, 15) is 9.59 Å². The Morgan fingerprint density at radius 3 is 2.61 bits per heavy atom. The standard InChI is InChI=1S/C13H13ClO3S/c1-8(15)13(14)11-7-10(18-2)5-3-9(11)4-6-12(16)17/h3-7,13H,1-2H3,(H,16,17). The molecule has 0 radical (unpaired) electrons. The molecule has 0 heterocycles. The molecule has 0 spiro atoms. The van der Waals surface area contributed by atoms with Crippen LogP contribution < -0.4 is 0 Å². The van der Waals surface area contributed by atoms with E-state index in [1.807, 2.05) is 18.4 Å². The van der Waals surface area contributed by atoms with Crippen LogP contribution in [0.25, 0.3) is 6.08 Å². The zero-order chi connectivity index (χ0) is 13.7. The molecule has 0 fully saturated rings. The molecule has 1 aromatic rings. The molecule has 96 valence electrons. The lowest BCUT2D eigenvalue weighted by Crippen LogP contribution is -2.04. The van der Waals surface area contributed by atoms with Gasteiger partial charge in [-0.15, -0.1) is 23.4 Å². The average molecular weight is 285 g/mol. The van der Waals surface area contributed by atoms with Crippen molar-refractivity contribution in [3.8, 4) is 0 Å². The van der Waals surface area contributed by atoms with Gasteiger partial charge in [-0.3, -0.25) is 4.79 Å². The molecule has 1 atom stereocenters. The lowest BCUT2D eigenvalue weighted by atomic mass is 10.0. The van der Waals surface area contributed by atoms with Crippen LogP contribution in [-0.2, 0) is 9.59 Å². The van der Waals surface area contributed by atoms with Crippen molar-refractivity contribution in [2.45, 2.75) is 17.2 Å². The smallest absolute Gasteiger partial charge is 0.328 e. The number of carboxylic acids is 1. The molecule has 0 amide bonds. The fraction of sp³-hybridized carbons (Fsp3) is 0.231. The second-order valence-corrected chi connectivity index (χ2v) is 4.96. The van der Waals surface area contributed by atoms with E-state index in [-0.39, 0.29) is 5.78 Å². The maximum Gasteiger partial charge on any atom is 0.328 e. The number of hydrogen-bond acceptors (Lipinski definition) is 3. The number of Topliss-reactive ketones (excluding diaryl/α,β-unsaturated/α-hetero) is 1. The van der Waals surface area contributed by atoms with Crippen molar-refractivity contribution < 1.29 is 14.7 Å². The van der Waals surface area contributed by atoms with E-state index in [0.29, 0.717) is 11.1 Å². The van der Waals surface area contributed by atoms with Crippen molar-refractivity contribution in [3.63, 3.8) is 0 Å². The molecule has 0 aromatic heterocycles. The van der Waals surface area contributed by atoms with Gasteiger partial charge in [0.2, 0.25) is 0 Å². The first-order valence-electron chi connectivity index (χ1n) is 5.19. The minimum absolute atomic E-state index is 0.167. The summed E-state index contributed by atoms with van der Waals surface area (Å²) in [6.45, 7) is 1.41. The van der Waals surface area contributed by atoms with E-state index >= 15 is 0 Å². The lowest BCUT2D eigenvalue weighted by molar-refractivity contribution is -0.131. The minimum Gasteiger partial charge on any atom is -0.478 e. The summed E-state index contributed by atoms with van der Waals surface area (Å²) in [5.74, 6) is -1.20. The molecule has 5 heteroatoms. The molecule has 0 bridgehead atoms. The van der Waals surface area contributed by atoms with Gasteiger partial charge >= 0.3 is 5.97 Å². The van der Waals surface area contributed by atoms with Gasteiger partial charge in [0, 0.05) is 11.0 Å². The number of carbonyl (C=O) groups is 2. The van der Waals surface area contributed by atoms with Gasteiger partial charge in [0.25, 0.3) is 0 Å². The van der Waals surface area contributed by atoms with Crippen LogP contribution >= 0.6 is 23.4 Å². The third-order valence-corrected chi connectivity index (χ3v) is 3.60. The normalized spacial score (nSPS) is 12.6. The van der Waals surface area contributed by atoms with Crippen molar-refractivity contribution in [1.82, 2.24) is 0 Å². The minimum atomic E-state index is -1.04. The van der Waals surface area contributed by atoms with Crippen molar-refractivity contribution in [1.29, 1.82) is 0 Å². The summed E-state index contributed by atoms with van der Waals surface area (Å²) in [6, 6.07) is 5.43. The molecule has 1 rings (SSSR count). The van der Waals surface area contributed by atoms with E-state index in [2.05, 4.69) is 0 Å². The molecule has 0 saturated heterocycles. The number of carbonyl (C=O) groups excluding carboxylic acids is 1. The number of carboxylic acid groups (broad SMARTS) is 1. The van der Waals surface area contributed by atoms with Crippen molar-refractivity contribution in [3.05, 3.63) is 35.4 Å². The molecule has 0 saturated carbocycles. The van der Waals surface area contributed by atoms with E-state index in [0.717, 1.165) is 11.0 Å². The molecule has 1 N–H and O–H groups in total. The summed E-state index contributed by atoms with van der Waals surface area (Å²) in [5.41, 5.74) is 1.28. The number of ketones is 1. The quantitative estimate of drug-likeness (QED) is 0.512. The summed E-state index contributed by atoms with van der Waals surface area (Å²) in [6.07, 6.45) is 4.39. The SMILES string of the molecule is CSc1ccc(C=CC(=O)O)c(C(Cl)C(C)=O)c1. The Hall–Kier alpha value is -1.26. The van der Waals surface area contributed by atoms with E-state index in [1.165, 1.54) is 24.8 Å². The van der Waals surface area contributed by atoms with E-state index < -0.39 is 11.3 Å². The Kier molecular flexibility index (Phi) is 5.44. The third-order valence-electron chi connectivity index (χ3n) is 2.33. The van der Waals surface area contributed by atoms with Crippen LogP contribution in [0.1, 0.15) is 23.4 Å². The maximum atomic E-state index is 11.4. The number of aliphatic carboxylic acids is 1. The summed E-state index contributed by atoms with van der Waals surface area (Å²) in [5, 5.41) is 7.86. The predicted octanol–water partition coefficient (Wildman–Crippen LogP) is 3.38. The van der Waals surface area contributed by atoms with Crippen LogP contribution in [0.3, 0.4) is 0 Å². The Balaban J connectivity index is 3.24. The van der Waals surface area contributed by atoms with Crippen LogP contribution in [0.2, 0.25) is 0 Å².